The third-order valence-electron chi connectivity index (χ3n) is 1.98. The second-order valence-corrected chi connectivity index (χ2v) is 3.15. The number of hydrogen-bond acceptors (Lipinski definition) is 3. The molecule has 0 fully saturated rings. The Labute approximate surface area is 82.8 Å². The lowest BCUT2D eigenvalue weighted by Gasteiger charge is -2.14. The molecule has 0 aliphatic rings. The van der Waals surface area contributed by atoms with E-state index in [0.717, 1.165) is 18.9 Å². The molecule has 1 heterocycles. The molecule has 0 N–H and O–H groups in total. The van der Waals surface area contributed by atoms with Gasteiger partial charge in [-0.25, -0.2) is 4.98 Å². The van der Waals surface area contributed by atoms with E-state index in [0.29, 0.717) is 6.54 Å². The molecule has 0 unspecified atom stereocenters. The number of imidazole rings is 1. The van der Waals surface area contributed by atoms with Crippen molar-refractivity contribution in [2.24, 2.45) is 12.2 Å². The standard InChI is InChI=1S/C8H14N6/c1-13(5-4-11-12-9)7-8-10-3-6-14(8)2/h3,6H,4-5,7H2,1-2H3. The minimum atomic E-state index is 0.497. The van der Waals surface area contributed by atoms with Crippen LogP contribution in [0.1, 0.15) is 5.82 Å². The van der Waals surface area contributed by atoms with E-state index in [4.69, 9.17) is 5.53 Å². The van der Waals surface area contributed by atoms with E-state index >= 15 is 0 Å². The van der Waals surface area contributed by atoms with Crippen LogP contribution in [0.3, 0.4) is 0 Å². The Morgan fingerprint density at radius 2 is 2.50 bits per heavy atom. The summed E-state index contributed by atoms with van der Waals surface area (Å²) >= 11 is 0. The molecule has 14 heavy (non-hydrogen) atoms. The second kappa shape index (κ2) is 5.26. The smallest absolute Gasteiger partial charge is 0.122 e. The predicted octanol–water partition coefficient (Wildman–Crippen LogP) is 1.16. The van der Waals surface area contributed by atoms with E-state index in [2.05, 4.69) is 19.9 Å². The van der Waals surface area contributed by atoms with E-state index < -0.39 is 0 Å². The summed E-state index contributed by atoms with van der Waals surface area (Å²) in [4.78, 5) is 8.97. The molecular weight excluding hydrogens is 180 g/mol. The van der Waals surface area contributed by atoms with Crippen LogP contribution >= 0.6 is 0 Å². The zero-order chi connectivity index (χ0) is 10.4. The van der Waals surface area contributed by atoms with Crippen LogP contribution in [0, 0.1) is 0 Å². The number of likely N-dealkylation sites (N-methyl/N-ethyl adjacent to an activating group) is 1. The Balaban J connectivity index is 2.37. The maximum absolute atomic E-state index is 8.10. The highest BCUT2D eigenvalue weighted by molar-refractivity contribution is 4.90. The van der Waals surface area contributed by atoms with Crippen LogP contribution in [0.25, 0.3) is 10.4 Å². The van der Waals surface area contributed by atoms with Crippen LogP contribution in [0.4, 0.5) is 0 Å². The Bertz CT molecular complexity index is 324. The lowest BCUT2D eigenvalue weighted by molar-refractivity contribution is 0.323. The lowest BCUT2D eigenvalue weighted by Crippen LogP contribution is -2.22. The zero-order valence-corrected chi connectivity index (χ0v) is 8.46. The molecule has 76 valence electrons. The maximum Gasteiger partial charge on any atom is 0.122 e. The molecule has 0 aliphatic heterocycles. The summed E-state index contributed by atoms with van der Waals surface area (Å²) in [5.41, 5.74) is 8.10. The molecule has 1 aromatic heterocycles. The monoisotopic (exact) mass is 194 g/mol. The summed E-state index contributed by atoms with van der Waals surface area (Å²) < 4.78 is 1.98. The summed E-state index contributed by atoms with van der Waals surface area (Å²) in [6.45, 7) is 2.01. The number of aromatic nitrogens is 2. The average Bonchev–Trinajstić information content (AvgIpc) is 2.52. The Morgan fingerprint density at radius 3 is 3.07 bits per heavy atom. The molecule has 0 aliphatic carbocycles. The molecule has 1 rings (SSSR count). The van der Waals surface area contributed by atoms with Crippen LogP contribution in [-0.4, -0.2) is 34.6 Å². The van der Waals surface area contributed by atoms with Gasteiger partial charge in [-0.1, -0.05) is 5.11 Å². The van der Waals surface area contributed by atoms with Crippen molar-refractivity contribution in [3.05, 3.63) is 28.7 Å². The molecule has 1 aromatic rings. The van der Waals surface area contributed by atoms with Crippen LogP contribution in [0.15, 0.2) is 17.5 Å². The third kappa shape index (κ3) is 3.08. The summed E-state index contributed by atoms with van der Waals surface area (Å²) in [6, 6.07) is 0. The van der Waals surface area contributed by atoms with E-state index in [1.165, 1.54) is 0 Å². The maximum atomic E-state index is 8.10. The van der Waals surface area contributed by atoms with Gasteiger partial charge in [-0.3, -0.25) is 4.90 Å². The van der Waals surface area contributed by atoms with Crippen molar-refractivity contribution in [1.82, 2.24) is 14.5 Å². The van der Waals surface area contributed by atoms with Gasteiger partial charge in [0.15, 0.2) is 0 Å². The van der Waals surface area contributed by atoms with Gasteiger partial charge in [0, 0.05) is 37.4 Å². The lowest BCUT2D eigenvalue weighted by atomic mass is 10.5. The number of nitrogens with zero attached hydrogens (tertiary/aromatic N) is 6. The van der Waals surface area contributed by atoms with Gasteiger partial charge in [0.2, 0.25) is 0 Å². The molecule has 0 saturated heterocycles. The Morgan fingerprint density at radius 1 is 1.71 bits per heavy atom. The predicted molar refractivity (Wildman–Crippen MR) is 53.6 cm³/mol. The largest absolute Gasteiger partial charge is 0.337 e. The molecular formula is C8H14N6. The summed E-state index contributed by atoms with van der Waals surface area (Å²) in [5, 5.41) is 3.48. The van der Waals surface area contributed by atoms with Crippen LogP contribution < -0.4 is 0 Å². The Kier molecular flexibility index (Phi) is 3.97. The number of azide groups is 1. The average molecular weight is 194 g/mol. The summed E-state index contributed by atoms with van der Waals surface area (Å²) in [7, 11) is 3.94. The van der Waals surface area contributed by atoms with Gasteiger partial charge in [-0.15, -0.1) is 0 Å². The highest BCUT2D eigenvalue weighted by atomic mass is 15.2. The molecule has 0 aromatic carbocycles. The van der Waals surface area contributed by atoms with Gasteiger partial charge in [0.25, 0.3) is 0 Å². The normalized spacial score (nSPS) is 10.2. The van der Waals surface area contributed by atoms with Crippen molar-refractivity contribution >= 4 is 0 Å². The molecule has 0 atom stereocenters. The molecule has 6 nitrogen and oxygen atoms in total. The fourth-order valence-electron chi connectivity index (χ4n) is 1.13. The first-order valence-corrected chi connectivity index (χ1v) is 4.39. The number of rotatable bonds is 5. The van der Waals surface area contributed by atoms with Gasteiger partial charge in [0.05, 0.1) is 6.54 Å². The first kappa shape index (κ1) is 10.6. The summed E-state index contributed by atoms with van der Waals surface area (Å²) in [6.07, 6.45) is 3.69. The summed E-state index contributed by atoms with van der Waals surface area (Å²) in [5.74, 6) is 1.01. The molecule has 0 saturated carbocycles. The van der Waals surface area contributed by atoms with Crippen molar-refractivity contribution in [2.75, 3.05) is 20.1 Å². The van der Waals surface area contributed by atoms with Gasteiger partial charge >= 0.3 is 0 Å². The molecule has 0 spiro atoms. The fourth-order valence-corrected chi connectivity index (χ4v) is 1.13. The molecule has 0 radical (unpaired) electrons. The topological polar surface area (TPSA) is 69.8 Å². The van der Waals surface area contributed by atoms with Crippen LogP contribution in [0.5, 0.6) is 0 Å². The van der Waals surface area contributed by atoms with Gasteiger partial charge < -0.3 is 4.57 Å². The van der Waals surface area contributed by atoms with Gasteiger partial charge in [0.1, 0.15) is 5.82 Å². The van der Waals surface area contributed by atoms with Crippen LogP contribution in [-0.2, 0) is 13.6 Å². The van der Waals surface area contributed by atoms with Crippen molar-refractivity contribution in [2.45, 2.75) is 6.54 Å². The quantitative estimate of drug-likeness (QED) is 0.401. The van der Waals surface area contributed by atoms with Gasteiger partial charge in [-0.05, 0) is 12.6 Å². The fraction of sp³-hybridized carbons (Fsp3) is 0.625. The van der Waals surface area contributed by atoms with Crippen molar-refractivity contribution in [3.63, 3.8) is 0 Å². The van der Waals surface area contributed by atoms with Crippen molar-refractivity contribution in [1.29, 1.82) is 0 Å². The van der Waals surface area contributed by atoms with E-state index in [9.17, 15) is 0 Å². The number of aryl methyl sites for hydroxylation is 1. The van der Waals surface area contributed by atoms with E-state index in [-0.39, 0.29) is 0 Å². The van der Waals surface area contributed by atoms with Crippen molar-refractivity contribution < 1.29 is 0 Å². The molecule has 6 heteroatoms. The Hall–Kier alpha value is -1.52. The minimum Gasteiger partial charge on any atom is -0.337 e. The molecule has 0 bridgehead atoms. The third-order valence-corrected chi connectivity index (χ3v) is 1.98. The highest BCUT2D eigenvalue weighted by Crippen LogP contribution is 1.98. The van der Waals surface area contributed by atoms with Gasteiger partial charge in [-0.2, -0.15) is 0 Å². The van der Waals surface area contributed by atoms with E-state index in [1.54, 1.807) is 6.20 Å². The molecule has 0 amide bonds. The minimum absolute atomic E-state index is 0.497. The highest BCUT2D eigenvalue weighted by Gasteiger charge is 2.02. The number of hydrogen-bond donors (Lipinski definition) is 0. The second-order valence-electron chi connectivity index (χ2n) is 3.15. The SMILES string of the molecule is CN(CCN=[N+]=[N-])Cc1nccn1C. The van der Waals surface area contributed by atoms with Crippen molar-refractivity contribution in [3.8, 4) is 0 Å². The van der Waals surface area contributed by atoms with E-state index in [1.807, 2.05) is 24.9 Å². The van der Waals surface area contributed by atoms with Crippen LogP contribution in [0.2, 0.25) is 0 Å². The first-order chi connectivity index (χ1) is 6.74. The first-order valence-electron chi connectivity index (χ1n) is 4.39. The zero-order valence-electron chi connectivity index (χ0n) is 8.46.